The van der Waals surface area contributed by atoms with Crippen molar-refractivity contribution in [1.82, 2.24) is 0 Å². The lowest BCUT2D eigenvalue weighted by atomic mass is 10.1. The number of nitrogens with two attached hydrogens (primary N) is 1. The molecule has 0 fully saturated rings. The van der Waals surface area contributed by atoms with Gasteiger partial charge in [0, 0.05) is 4.88 Å². The summed E-state index contributed by atoms with van der Waals surface area (Å²) in [6.45, 7) is 2.61. The molecule has 1 aromatic carbocycles. The molecule has 0 aliphatic heterocycles. The van der Waals surface area contributed by atoms with E-state index in [4.69, 9.17) is 22.1 Å². The molecule has 0 bridgehead atoms. The minimum absolute atomic E-state index is 0.192. The standard InChI is InChI=1S/C13H14ClNOS/c1-2-16-10-5-3-4-9(8-10)12(15)13-11(14)6-7-17-13/h3-8,12H,2,15H2,1H3. The molecular formula is C13H14ClNOS. The van der Waals surface area contributed by atoms with E-state index >= 15 is 0 Å². The fourth-order valence-corrected chi connectivity index (χ4v) is 2.85. The van der Waals surface area contributed by atoms with Gasteiger partial charge in [-0.05, 0) is 36.1 Å². The Morgan fingerprint density at radius 3 is 2.88 bits per heavy atom. The Morgan fingerprint density at radius 1 is 1.41 bits per heavy atom. The summed E-state index contributed by atoms with van der Waals surface area (Å²) in [5.41, 5.74) is 7.21. The first kappa shape index (κ1) is 12.4. The van der Waals surface area contributed by atoms with Crippen molar-refractivity contribution in [1.29, 1.82) is 0 Å². The topological polar surface area (TPSA) is 35.2 Å². The quantitative estimate of drug-likeness (QED) is 0.913. The van der Waals surface area contributed by atoms with Gasteiger partial charge < -0.3 is 10.5 Å². The van der Waals surface area contributed by atoms with Crippen molar-refractivity contribution in [2.45, 2.75) is 13.0 Å². The largest absolute Gasteiger partial charge is 0.494 e. The summed E-state index contributed by atoms with van der Waals surface area (Å²) < 4.78 is 5.46. The van der Waals surface area contributed by atoms with Crippen LogP contribution in [0.3, 0.4) is 0 Å². The Balaban J connectivity index is 2.28. The van der Waals surface area contributed by atoms with Crippen molar-refractivity contribution in [3.05, 3.63) is 51.2 Å². The van der Waals surface area contributed by atoms with Crippen LogP contribution < -0.4 is 10.5 Å². The number of halogens is 1. The second kappa shape index (κ2) is 5.54. The molecule has 1 unspecified atom stereocenters. The van der Waals surface area contributed by atoms with Gasteiger partial charge in [0.15, 0.2) is 0 Å². The van der Waals surface area contributed by atoms with Gasteiger partial charge in [0.2, 0.25) is 0 Å². The molecule has 2 nitrogen and oxygen atoms in total. The summed E-state index contributed by atoms with van der Waals surface area (Å²) in [4.78, 5) is 0.986. The lowest BCUT2D eigenvalue weighted by Crippen LogP contribution is -2.10. The monoisotopic (exact) mass is 267 g/mol. The molecule has 1 aromatic heterocycles. The average molecular weight is 268 g/mol. The molecule has 1 atom stereocenters. The predicted octanol–water partition coefficient (Wildman–Crippen LogP) is 3.85. The molecule has 17 heavy (non-hydrogen) atoms. The molecular weight excluding hydrogens is 254 g/mol. The Morgan fingerprint density at radius 2 is 2.24 bits per heavy atom. The molecule has 2 rings (SSSR count). The fraction of sp³-hybridized carbons (Fsp3) is 0.231. The molecule has 0 aliphatic rings. The molecule has 0 amide bonds. The number of ether oxygens (including phenoxy) is 1. The third-order valence-corrected chi connectivity index (χ3v) is 3.90. The molecule has 4 heteroatoms. The zero-order chi connectivity index (χ0) is 12.3. The average Bonchev–Trinajstić information content (AvgIpc) is 2.75. The highest BCUT2D eigenvalue weighted by Crippen LogP contribution is 2.32. The number of rotatable bonds is 4. The zero-order valence-corrected chi connectivity index (χ0v) is 11.1. The van der Waals surface area contributed by atoms with Crippen molar-refractivity contribution < 1.29 is 4.74 Å². The van der Waals surface area contributed by atoms with E-state index in [-0.39, 0.29) is 6.04 Å². The van der Waals surface area contributed by atoms with Crippen LogP contribution in [0.15, 0.2) is 35.7 Å². The number of benzene rings is 1. The molecule has 0 aliphatic carbocycles. The van der Waals surface area contributed by atoms with Gasteiger partial charge in [0.25, 0.3) is 0 Å². The van der Waals surface area contributed by atoms with Crippen molar-refractivity contribution in [2.24, 2.45) is 5.73 Å². The van der Waals surface area contributed by atoms with Crippen molar-refractivity contribution in [3.8, 4) is 5.75 Å². The van der Waals surface area contributed by atoms with Gasteiger partial charge in [0.05, 0.1) is 17.7 Å². The van der Waals surface area contributed by atoms with Crippen molar-refractivity contribution >= 4 is 22.9 Å². The normalized spacial score (nSPS) is 12.4. The highest BCUT2D eigenvalue weighted by Gasteiger charge is 2.14. The van der Waals surface area contributed by atoms with Crippen LogP contribution in [0.4, 0.5) is 0 Å². The first-order valence-corrected chi connectivity index (χ1v) is 6.69. The van der Waals surface area contributed by atoms with E-state index in [1.165, 1.54) is 0 Å². The van der Waals surface area contributed by atoms with Gasteiger partial charge in [-0.15, -0.1) is 11.3 Å². The van der Waals surface area contributed by atoms with Crippen LogP contribution in [0.1, 0.15) is 23.4 Å². The van der Waals surface area contributed by atoms with Crippen molar-refractivity contribution in [3.63, 3.8) is 0 Å². The van der Waals surface area contributed by atoms with E-state index in [1.54, 1.807) is 11.3 Å². The predicted molar refractivity (Wildman–Crippen MR) is 73.0 cm³/mol. The summed E-state index contributed by atoms with van der Waals surface area (Å²) in [5, 5.41) is 2.67. The highest BCUT2D eigenvalue weighted by atomic mass is 35.5. The van der Waals surface area contributed by atoms with Gasteiger partial charge >= 0.3 is 0 Å². The molecule has 2 N–H and O–H groups in total. The SMILES string of the molecule is CCOc1cccc(C(N)c2sccc2Cl)c1. The molecule has 90 valence electrons. The maximum Gasteiger partial charge on any atom is 0.119 e. The van der Waals surface area contributed by atoms with E-state index in [1.807, 2.05) is 42.6 Å². The van der Waals surface area contributed by atoms with E-state index in [0.717, 1.165) is 21.2 Å². The van der Waals surface area contributed by atoms with Gasteiger partial charge in [-0.1, -0.05) is 23.7 Å². The summed E-state index contributed by atoms with van der Waals surface area (Å²) >= 11 is 7.66. The number of thiophene rings is 1. The second-order valence-electron chi connectivity index (χ2n) is 3.62. The summed E-state index contributed by atoms with van der Waals surface area (Å²) in [5.74, 6) is 0.841. The van der Waals surface area contributed by atoms with Crippen molar-refractivity contribution in [2.75, 3.05) is 6.61 Å². The Bertz CT molecular complexity index is 498. The van der Waals surface area contributed by atoms with Gasteiger partial charge in [-0.2, -0.15) is 0 Å². The number of hydrogen-bond donors (Lipinski definition) is 1. The lowest BCUT2D eigenvalue weighted by molar-refractivity contribution is 0.340. The summed E-state index contributed by atoms with van der Waals surface area (Å²) in [7, 11) is 0. The third kappa shape index (κ3) is 2.80. The van der Waals surface area contributed by atoms with E-state index < -0.39 is 0 Å². The smallest absolute Gasteiger partial charge is 0.119 e. The lowest BCUT2D eigenvalue weighted by Gasteiger charge is -2.12. The van der Waals surface area contributed by atoms with Crippen LogP contribution in [0.5, 0.6) is 5.75 Å². The summed E-state index contributed by atoms with van der Waals surface area (Å²) in [6.07, 6.45) is 0. The zero-order valence-electron chi connectivity index (χ0n) is 9.52. The first-order chi connectivity index (χ1) is 8.22. The maximum absolute atomic E-state index is 6.20. The van der Waals surface area contributed by atoms with Crippen LogP contribution in [-0.2, 0) is 0 Å². The Kier molecular flexibility index (Phi) is 4.05. The second-order valence-corrected chi connectivity index (χ2v) is 4.97. The van der Waals surface area contributed by atoms with Crippen LogP contribution in [0, 0.1) is 0 Å². The van der Waals surface area contributed by atoms with Crippen LogP contribution in [0.2, 0.25) is 5.02 Å². The molecule has 0 saturated carbocycles. The maximum atomic E-state index is 6.20. The molecule has 2 aromatic rings. The third-order valence-electron chi connectivity index (χ3n) is 2.46. The summed E-state index contributed by atoms with van der Waals surface area (Å²) in [6, 6.07) is 9.50. The molecule has 0 radical (unpaired) electrons. The van der Waals surface area contributed by atoms with Gasteiger partial charge in [0.1, 0.15) is 5.75 Å². The van der Waals surface area contributed by atoms with Crippen LogP contribution in [-0.4, -0.2) is 6.61 Å². The van der Waals surface area contributed by atoms with Crippen LogP contribution in [0.25, 0.3) is 0 Å². The van der Waals surface area contributed by atoms with Gasteiger partial charge in [-0.3, -0.25) is 0 Å². The minimum atomic E-state index is -0.192. The minimum Gasteiger partial charge on any atom is -0.494 e. The van der Waals surface area contributed by atoms with E-state index in [9.17, 15) is 0 Å². The first-order valence-electron chi connectivity index (χ1n) is 5.43. The van der Waals surface area contributed by atoms with E-state index in [0.29, 0.717) is 6.61 Å². The fourth-order valence-electron chi connectivity index (χ4n) is 1.64. The molecule has 0 saturated heterocycles. The molecule has 0 spiro atoms. The highest BCUT2D eigenvalue weighted by molar-refractivity contribution is 7.10. The Labute approximate surface area is 110 Å². The van der Waals surface area contributed by atoms with Crippen LogP contribution >= 0.6 is 22.9 Å². The Hall–Kier alpha value is -1.03. The van der Waals surface area contributed by atoms with E-state index in [2.05, 4.69) is 0 Å². The van der Waals surface area contributed by atoms with Gasteiger partial charge in [-0.25, -0.2) is 0 Å². The number of hydrogen-bond acceptors (Lipinski definition) is 3. The molecule has 1 heterocycles.